The molecule has 0 amide bonds. The molecular weight excluding hydrogens is 306 g/mol. The number of nitrogens with zero attached hydrogens (tertiary/aromatic N) is 1. The number of methoxy groups -OCH3 is 1. The van der Waals surface area contributed by atoms with E-state index in [4.69, 9.17) is 4.74 Å². The van der Waals surface area contributed by atoms with Gasteiger partial charge in [0.15, 0.2) is 0 Å². The Bertz CT molecular complexity index is 741. The highest BCUT2D eigenvalue weighted by atomic mass is 16.5. The predicted molar refractivity (Wildman–Crippen MR) is 103 cm³/mol. The van der Waals surface area contributed by atoms with Gasteiger partial charge in [-0.05, 0) is 66.0 Å². The molecule has 2 nitrogen and oxygen atoms in total. The average molecular weight is 335 g/mol. The number of piperidine rings is 1. The molecule has 1 saturated heterocycles. The summed E-state index contributed by atoms with van der Waals surface area (Å²) in [5, 5.41) is 0. The summed E-state index contributed by atoms with van der Waals surface area (Å²) in [5.74, 6) is 1.67. The van der Waals surface area contributed by atoms with Crippen LogP contribution in [0.4, 0.5) is 0 Å². The predicted octanol–water partition coefficient (Wildman–Crippen LogP) is 4.46. The number of fused-ring (bicyclic) bond motifs is 4. The van der Waals surface area contributed by atoms with E-state index in [-0.39, 0.29) is 5.41 Å². The van der Waals surface area contributed by atoms with Crippen LogP contribution in [0.15, 0.2) is 48.5 Å². The lowest BCUT2D eigenvalue weighted by Crippen LogP contribution is -2.58. The summed E-state index contributed by atoms with van der Waals surface area (Å²) in [5.41, 5.74) is 4.77. The quantitative estimate of drug-likeness (QED) is 0.818. The molecule has 0 saturated carbocycles. The third kappa shape index (κ3) is 2.87. The molecule has 2 aromatic rings. The van der Waals surface area contributed by atoms with E-state index < -0.39 is 0 Å². The number of benzene rings is 2. The third-order valence-corrected chi connectivity index (χ3v) is 6.86. The van der Waals surface area contributed by atoms with Crippen LogP contribution in [0.5, 0.6) is 5.75 Å². The largest absolute Gasteiger partial charge is 0.497 e. The summed E-state index contributed by atoms with van der Waals surface area (Å²) in [7, 11) is 1.77. The van der Waals surface area contributed by atoms with Crippen molar-refractivity contribution in [2.75, 3.05) is 20.2 Å². The van der Waals surface area contributed by atoms with Gasteiger partial charge in [0.2, 0.25) is 0 Å². The Morgan fingerprint density at radius 2 is 1.96 bits per heavy atom. The second-order valence-corrected chi connectivity index (χ2v) is 8.02. The minimum Gasteiger partial charge on any atom is -0.497 e. The van der Waals surface area contributed by atoms with Crippen molar-refractivity contribution in [2.24, 2.45) is 5.92 Å². The van der Waals surface area contributed by atoms with Crippen LogP contribution in [-0.2, 0) is 18.3 Å². The van der Waals surface area contributed by atoms with Crippen LogP contribution in [0.1, 0.15) is 37.0 Å². The van der Waals surface area contributed by atoms with Crippen molar-refractivity contribution in [2.45, 2.75) is 44.6 Å². The Hall–Kier alpha value is -1.80. The number of likely N-dealkylation sites (tertiary alicyclic amines) is 1. The Morgan fingerprint density at radius 1 is 1.16 bits per heavy atom. The highest BCUT2D eigenvalue weighted by molar-refractivity contribution is 5.44. The topological polar surface area (TPSA) is 12.5 Å². The normalized spacial score (nSPS) is 28.4. The molecule has 4 rings (SSSR count). The smallest absolute Gasteiger partial charge is 0.119 e. The van der Waals surface area contributed by atoms with Gasteiger partial charge in [-0.2, -0.15) is 0 Å². The fraction of sp³-hybridized carbons (Fsp3) is 0.478. The van der Waals surface area contributed by atoms with Gasteiger partial charge in [-0.1, -0.05) is 50.2 Å². The summed E-state index contributed by atoms with van der Waals surface area (Å²) in [6, 6.07) is 18.3. The van der Waals surface area contributed by atoms with Crippen LogP contribution in [-0.4, -0.2) is 31.1 Å². The number of rotatable bonds is 4. The van der Waals surface area contributed by atoms with E-state index in [0.717, 1.165) is 12.2 Å². The molecule has 0 aromatic heterocycles. The van der Waals surface area contributed by atoms with Crippen molar-refractivity contribution in [1.82, 2.24) is 4.90 Å². The lowest BCUT2D eigenvalue weighted by molar-refractivity contribution is 0.0322. The molecule has 0 radical (unpaired) electrons. The molecule has 2 heteroatoms. The van der Waals surface area contributed by atoms with Crippen LogP contribution in [0, 0.1) is 5.92 Å². The van der Waals surface area contributed by atoms with Gasteiger partial charge in [-0.3, -0.25) is 4.90 Å². The van der Waals surface area contributed by atoms with Crippen LogP contribution in [0.3, 0.4) is 0 Å². The van der Waals surface area contributed by atoms with E-state index in [1.54, 1.807) is 7.11 Å². The number of ether oxygens (including phenoxy) is 1. The van der Waals surface area contributed by atoms with Crippen LogP contribution in [0.25, 0.3) is 0 Å². The maximum absolute atomic E-state index is 5.50. The first-order valence-corrected chi connectivity index (χ1v) is 9.57. The van der Waals surface area contributed by atoms with E-state index >= 15 is 0 Å². The zero-order valence-corrected chi connectivity index (χ0v) is 15.7. The summed E-state index contributed by atoms with van der Waals surface area (Å²) >= 11 is 0. The fourth-order valence-corrected chi connectivity index (χ4v) is 5.01. The monoisotopic (exact) mass is 335 g/mol. The second kappa shape index (κ2) is 6.49. The Balaban J connectivity index is 1.57. The minimum atomic E-state index is 0.274. The van der Waals surface area contributed by atoms with Crippen molar-refractivity contribution in [3.63, 3.8) is 0 Å². The third-order valence-electron chi connectivity index (χ3n) is 6.86. The molecule has 2 aliphatic rings. The lowest BCUT2D eigenvalue weighted by atomic mass is 9.59. The van der Waals surface area contributed by atoms with Gasteiger partial charge in [-0.15, -0.1) is 0 Å². The van der Waals surface area contributed by atoms with Crippen LogP contribution < -0.4 is 4.74 Å². The van der Waals surface area contributed by atoms with Crippen LogP contribution >= 0.6 is 0 Å². The first kappa shape index (κ1) is 16.7. The zero-order chi connectivity index (χ0) is 17.4. The second-order valence-electron chi connectivity index (χ2n) is 8.02. The molecule has 1 fully saturated rings. The van der Waals surface area contributed by atoms with E-state index in [1.807, 2.05) is 0 Å². The Kier molecular flexibility index (Phi) is 4.33. The molecule has 25 heavy (non-hydrogen) atoms. The van der Waals surface area contributed by atoms with Crippen molar-refractivity contribution >= 4 is 0 Å². The van der Waals surface area contributed by atoms with Crippen molar-refractivity contribution < 1.29 is 4.74 Å². The first-order chi connectivity index (χ1) is 12.1. The van der Waals surface area contributed by atoms with Gasteiger partial charge < -0.3 is 4.74 Å². The summed E-state index contributed by atoms with van der Waals surface area (Å²) in [6.07, 6.45) is 3.56. The highest BCUT2D eigenvalue weighted by Gasteiger charge is 2.48. The Labute approximate surface area is 151 Å². The number of hydrogen-bond acceptors (Lipinski definition) is 2. The molecule has 1 aliphatic heterocycles. The minimum absolute atomic E-state index is 0.274. The van der Waals surface area contributed by atoms with Crippen molar-refractivity contribution in [3.05, 3.63) is 65.2 Å². The van der Waals surface area contributed by atoms with Gasteiger partial charge in [0.25, 0.3) is 0 Å². The average Bonchev–Trinajstić information content (AvgIpc) is 2.64. The molecule has 2 aromatic carbocycles. The standard InChI is InChI=1S/C23H29NO/c1-17-22-15-19-9-10-20(25-3)16-21(19)23(17,2)12-14-24(22)13-11-18-7-5-4-6-8-18/h4-10,16-17,22H,11-15H2,1-3H3/t17-,22-,23-/m1/s1. The molecule has 1 heterocycles. The summed E-state index contributed by atoms with van der Waals surface area (Å²) in [4.78, 5) is 2.74. The molecule has 132 valence electrons. The van der Waals surface area contributed by atoms with Gasteiger partial charge in [0, 0.05) is 12.6 Å². The highest BCUT2D eigenvalue weighted by Crippen LogP contribution is 2.49. The first-order valence-electron chi connectivity index (χ1n) is 9.57. The van der Waals surface area contributed by atoms with Gasteiger partial charge in [0.1, 0.15) is 5.75 Å². The van der Waals surface area contributed by atoms with Crippen molar-refractivity contribution in [1.29, 1.82) is 0 Å². The number of hydrogen-bond donors (Lipinski definition) is 0. The van der Waals surface area contributed by atoms with E-state index in [0.29, 0.717) is 12.0 Å². The zero-order valence-electron chi connectivity index (χ0n) is 15.7. The summed E-state index contributed by atoms with van der Waals surface area (Å²) < 4.78 is 5.50. The molecule has 0 spiro atoms. The molecular formula is C23H29NO. The molecule has 0 unspecified atom stereocenters. The fourth-order valence-electron chi connectivity index (χ4n) is 5.01. The Morgan fingerprint density at radius 3 is 2.72 bits per heavy atom. The van der Waals surface area contributed by atoms with Gasteiger partial charge >= 0.3 is 0 Å². The summed E-state index contributed by atoms with van der Waals surface area (Å²) in [6.45, 7) is 7.30. The maximum atomic E-state index is 5.50. The van der Waals surface area contributed by atoms with Gasteiger partial charge in [0.05, 0.1) is 7.11 Å². The molecule has 0 N–H and O–H groups in total. The molecule has 1 aliphatic carbocycles. The van der Waals surface area contributed by atoms with Gasteiger partial charge in [-0.25, -0.2) is 0 Å². The van der Waals surface area contributed by atoms with E-state index in [2.05, 4.69) is 67.3 Å². The maximum Gasteiger partial charge on any atom is 0.119 e. The van der Waals surface area contributed by atoms with Crippen molar-refractivity contribution in [3.8, 4) is 5.75 Å². The SMILES string of the molecule is COc1ccc2c(c1)[C@]1(C)CCN(CCc3ccccc3)[C@H](C2)[C@H]1C. The van der Waals surface area contributed by atoms with Crippen LogP contribution in [0.2, 0.25) is 0 Å². The van der Waals surface area contributed by atoms with E-state index in [1.165, 1.54) is 42.6 Å². The molecule has 2 bridgehead atoms. The van der Waals surface area contributed by atoms with E-state index in [9.17, 15) is 0 Å². The molecule has 3 atom stereocenters. The lowest BCUT2D eigenvalue weighted by Gasteiger charge is -2.54.